The van der Waals surface area contributed by atoms with Crippen molar-refractivity contribution in [2.75, 3.05) is 18.4 Å². The van der Waals surface area contributed by atoms with Crippen LogP contribution in [0.2, 0.25) is 0 Å². The van der Waals surface area contributed by atoms with Crippen molar-refractivity contribution in [1.82, 2.24) is 9.62 Å². The van der Waals surface area contributed by atoms with Crippen molar-refractivity contribution >= 4 is 27.5 Å². The minimum atomic E-state index is -3.59. The monoisotopic (exact) mass is 443 g/mol. The molecule has 3 rings (SSSR count). The molecule has 7 nitrogen and oxygen atoms in total. The molecule has 0 aliphatic carbocycles. The van der Waals surface area contributed by atoms with Gasteiger partial charge in [-0.05, 0) is 55.5 Å². The maximum atomic E-state index is 12.9. The van der Waals surface area contributed by atoms with E-state index in [1.807, 2.05) is 31.2 Å². The summed E-state index contributed by atoms with van der Waals surface area (Å²) in [5, 5.41) is 5.58. The third kappa shape index (κ3) is 6.38. The molecule has 1 aliphatic heterocycles. The zero-order chi connectivity index (χ0) is 22.4. The topological polar surface area (TPSA) is 95.6 Å². The standard InChI is InChI=1S/C23H29N3O4S/c1-17-3-5-20(6-4-17)16-24-23(28)15-19-11-13-26(14-12-19)31(29,30)22-9-7-21(8-10-22)25-18(2)27/h3-10,19H,11-16H2,1-2H3,(H,24,28)(H,25,27). The number of amides is 2. The van der Waals surface area contributed by atoms with Gasteiger partial charge in [0.25, 0.3) is 0 Å². The number of rotatable bonds is 7. The van der Waals surface area contributed by atoms with Gasteiger partial charge in [0.15, 0.2) is 0 Å². The van der Waals surface area contributed by atoms with Crippen LogP contribution in [0.5, 0.6) is 0 Å². The summed E-state index contributed by atoms with van der Waals surface area (Å²) in [7, 11) is -3.59. The molecule has 0 radical (unpaired) electrons. The van der Waals surface area contributed by atoms with E-state index in [9.17, 15) is 18.0 Å². The normalized spacial score (nSPS) is 15.4. The molecule has 0 aromatic heterocycles. The lowest BCUT2D eigenvalue weighted by atomic mass is 9.94. The zero-order valence-corrected chi connectivity index (χ0v) is 18.7. The SMILES string of the molecule is CC(=O)Nc1ccc(S(=O)(=O)N2CCC(CC(=O)NCc3ccc(C)cc3)CC2)cc1. The van der Waals surface area contributed by atoms with E-state index in [1.54, 1.807) is 12.1 Å². The predicted molar refractivity (Wildman–Crippen MR) is 120 cm³/mol. The number of carbonyl (C=O) groups excluding carboxylic acids is 2. The Balaban J connectivity index is 1.48. The minimum absolute atomic E-state index is 0.00422. The van der Waals surface area contributed by atoms with E-state index in [0.29, 0.717) is 44.6 Å². The number of sulfonamides is 1. The van der Waals surface area contributed by atoms with Crippen molar-refractivity contribution < 1.29 is 18.0 Å². The summed E-state index contributed by atoms with van der Waals surface area (Å²) in [5.74, 6) is -0.0392. The van der Waals surface area contributed by atoms with Crippen molar-refractivity contribution in [2.45, 2.75) is 44.6 Å². The van der Waals surface area contributed by atoms with E-state index in [2.05, 4.69) is 10.6 Å². The highest BCUT2D eigenvalue weighted by Gasteiger charge is 2.30. The van der Waals surface area contributed by atoms with Crippen molar-refractivity contribution in [1.29, 1.82) is 0 Å². The molecule has 1 aliphatic rings. The molecule has 2 aromatic rings. The molecule has 2 amide bonds. The van der Waals surface area contributed by atoms with E-state index < -0.39 is 10.0 Å². The number of benzene rings is 2. The van der Waals surface area contributed by atoms with Gasteiger partial charge in [0, 0.05) is 38.7 Å². The Morgan fingerprint density at radius 1 is 1.00 bits per heavy atom. The van der Waals surface area contributed by atoms with Gasteiger partial charge in [-0.1, -0.05) is 29.8 Å². The van der Waals surface area contributed by atoms with Crippen LogP contribution in [0.1, 0.15) is 37.3 Å². The highest BCUT2D eigenvalue weighted by Crippen LogP contribution is 2.26. The van der Waals surface area contributed by atoms with Crippen LogP contribution in [0.15, 0.2) is 53.4 Å². The fourth-order valence-corrected chi connectivity index (χ4v) is 5.13. The lowest BCUT2D eigenvalue weighted by Crippen LogP contribution is -2.39. The number of piperidine rings is 1. The highest BCUT2D eigenvalue weighted by molar-refractivity contribution is 7.89. The van der Waals surface area contributed by atoms with Crippen LogP contribution >= 0.6 is 0 Å². The summed E-state index contributed by atoms with van der Waals surface area (Å²) < 4.78 is 27.3. The molecule has 2 N–H and O–H groups in total. The molecular formula is C23H29N3O4S. The van der Waals surface area contributed by atoms with Crippen LogP contribution in [-0.4, -0.2) is 37.6 Å². The number of carbonyl (C=O) groups is 2. The second kappa shape index (κ2) is 10.1. The Labute approximate surface area is 183 Å². The van der Waals surface area contributed by atoms with Gasteiger partial charge in [-0.15, -0.1) is 0 Å². The summed E-state index contributed by atoms with van der Waals surface area (Å²) in [6, 6.07) is 14.2. The van der Waals surface area contributed by atoms with Gasteiger partial charge >= 0.3 is 0 Å². The lowest BCUT2D eigenvalue weighted by molar-refractivity contribution is -0.122. The molecule has 0 atom stereocenters. The maximum Gasteiger partial charge on any atom is 0.243 e. The quantitative estimate of drug-likeness (QED) is 0.688. The molecule has 31 heavy (non-hydrogen) atoms. The van der Waals surface area contributed by atoms with Crippen LogP contribution < -0.4 is 10.6 Å². The smallest absolute Gasteiger partial charge is 0.243 e. The van der Waals surface area contributed by atoms with Gasteiger partial charge in [-0.2, -0.15) is 4.31 Å². The van der Waals surface area contributed by atoms with Gasteiger partial charge in [0.05, 0.1) is 4.90 Å². The molecule has 1 saturated heterocycles. The molecule has 0 saturated carbocycles. The molecule has 166 valence electrons. The molecule has 0 bridgehead atoms. The second-order valence-electron chi connectivity index (χ2n) is 8.02. The Hall–Kier alpha value is -2.71. The third-order valence-electron chi connectivity index (χ3n) is 5.47. The number of hydrogen-bond donors (Lipinski definition) is 2. The van der Waals surface area contributed by atoms with Gasteiger partial charge in [-0.25, -0.2) is 8.42 Å². The lowest BCUT2D eigenvalue weighted by Gasteiger charge is -2.31. The predicted octanol–water partition coefficient (Wildman–Crippen LogP) is 3.06. The fraction of sp³-hybridized carbons (Fsp3) is 0.391. The first-order chi connectivity index (χ1) is 14.7. The van der Waals surface area contributed by atoms with E-state index in [-0.39, 0.29) is 22.6 Å². The number of anilines is 1. The zero-order valence-electron chi connectivity index (χ0n) is 17.9. The minimum Gasteiger partial charge on any atom is -0.352 e. The summed E-state index contributed by atoms with van der Waals surface area (Å²) in [5.41, 5.74) is 2.80. The van der Waals surface area contributed by atoms with Gasteiger partial charge in [0.1, 0.15) is 0 Å². The van der Waals surface area contributed by atoms with Gasteiger partial charge < -0.3 is 10.6 Å². The van der Waals surface area contributed by atoms with Gasteiger partial charge in [-0.3, -0.25) is 9.59 Å². The molecule has 8 heteroatoms. The molecular weight excluding hydrogens is 414 g/mol. The number of aryl methyl sites for hydroxylation is 1. The Morgan fingerprint density at radius 3 is 2.19 bits per heavy atom. The number of nitrogens with one attached hydrogen (secondary N) is 2. The largest absolute Gasteiger partial charge is 0.352 e. The van der Waals surface area contributed by atoms with Crippen LogP contribution in [0.3, 0.4) is 0 Å². The first kappa shape index (κ1) is 23.0. The number of nitrogens with zero attached hydrogens (tertiary/aromatic N) is 1. The van der Waals surface area contributed by atoms with Crippen LogP contribution in [0.4, 0.5) is 5.69 Å². The summed E-state index contributed by atoms with van der Waals surface area (Å²) in [6.07, 6.45) is 1.72. The van der Waals surface area contributed by atoms with E-state index in [1.165, 1.54) is 28.9 Å². The molecule has 0 spiro atoms. The fourth-order valence-electron chi connectivity index (χ4n) is 3.66. The van der Waals surface area contributed by atoms with Crippen LogP contribution in [0.25, 0.3) is 0 Å². The highest BCUT2D eigenvalue weighted by atomic mass is 32.2. The Bertz CT molecular complexity index is 1010. The molecule has 0 unspecified atom stereocenters. The average molecular weight is 444 g/mol. The molecule has 2 aromatic carbocycles. The van der Waals surface area contributed by atoms with Crippen LogP contribution in [0, 0.1) is 12.8 Å². The van der Waals surface area contributed by atoms with Gasteiger partial charge in [0.2, 0.25) is 21.8 Å². The van der Waals surface area contributed by atoms with Crippen molar-refractivity contribution in [3.63, 3.8) is 0 Å². The number of hydrogen-bond acceptors (Lipinski definition) is 4. The summed E-state index contributed by atoms with van der Waals surface area (Å²) in [4.78, 5) is 23.6. The third-order valence-corrected chi connectivity index (χ3v) is 7.38. The molecule has 1 heterocycles. The second-order valence-corrected chi connectivity index (χ2v) is 9.96. The van der Waals surface area contributed by atoms with Crippen molar-refractivity contribution in [3.8, 4) is 0 Å². The van der Waals surface area contributed by atoms with Crippen molar-refractivity contribution in [2.24, 2.45) is 5.92 Å². The first-order valence-electron chi connectivity index (χ1n) is 10.4. The summed E-state index contributed by atoms with van der Waals surface area (Å²) >= 11 is 0. The first-order valence-corrected chi connectivity index (χ1v) is 11.9. The van der Waals surface area contributed by atoms with E-state index >= 15 is 0 Å². The van der Waals surface area contributed by atoms with Crippen LogP contribution in [-0.2, 0) is 26.2 Å². The average Bonchev–Trinajstić information content (AvgIpc) is 2.74. The Morgan fingerprint density at radius 2 is 1.61 bits per heavy atom. The van der Waals surface area contributed by atoms with E-state index in [0.717, 1.165) is 5.56 Å². The maximum absolute atomic E-state index is 12.9. The van der Waals surface area contributed by atoms with Crippen molar-refractivity contribution in [3.05, 3.63) is 59.7 Å². The summed E-state index contributed by atoms with van der Waals surface area (Å²) in [6.45, 7) is 4.71. The van der Waals surface area contributed by atoms with E-state index in [4.69, 9.17) is 0 Å². The Kier molecular flexibility index (Phi) is 7.46. The molecule has 1 fully saturated rings.